The number of nitrogens with zero attached hydrogens (tertiary/aromatic N) is 2. The topological polar surface area (TPSA) is 43.8 Å². The molecule has 0 saturated carbocycles. The van der Waals surface area contributed by atoms with E-state index in [4.69, 9.17) is 5.73 Å². The first-order valence-electron chi connectivity index (χ1n) is 5.47. The van der Waals surface area contributed by atoms with Crippen LogP contribution in [-0.2, 0) is 6.54 Å². The van der Waals surface area contributed by atoms with Gasteiger partial charge in [-0.3, -0.25) is 4.68 Å². The largest absolute Gasteiger partial charge is 0.382 e. The van der Waals surface area contributed by atoms with E-state index in [1.165, 1.54) is 25.7 Å². The molecule has 0 unspecified atom stereocenters. The summed E-state index contributed by atoms with van der Waals surface area (Å²) in [6, 6.07) is 1.84. The van der Waals surface area contributed by atoms with Gasteiger partial charge in [-0.05, 0) is 18.4 Å². The third kappa shape index (κ3) is 4.30. The first kappa shape index (κ1) is 11.1. The van der Waals surface area contributed by atoms with Crippen LogP contribution in [-0.4, -0.2) is 9.78 Å². The van der Waals surface area contributed by atoms with Gasteiger partial charge in [-0.25, -0.2) is 0 Å². The number of aromatic nitrogens is 2. The summed E-state index contributed by atoms with van der Waals surface area (Å²) < 4.78 is 1.92. The predicted molar refractivity (Wildman–Crippen MR) is 59.9 cm³/mol. The average Bonchev–Trinajstić information content (AvgIpc) is 2.50. The van der Waals surface area contributed by atoms with Crippen molar-refractivity contribution in [3.05, 3.63) is 12.3 Å². The lowest BCUT2D eigenvalue weighted by atomic mass is 10.1. The minimum Gasteiger partial charge on any atom is -0.382 e. The quantitative estimate of drug-likeness (QED) is 0.709. The maximum Gasteiger partial charge on any atom is 0.145 e. The standard InChI is InChI=1S/C11H21N3/c1-10(2)6-4-3-5-8-14-9-7-11(12)13-14/h7,9-10H,3-6,8H2,1-2H3,(H2,12,13). The molecule has 0 atom stereocenters. The Morgan fingerprint density at radius 1 is 1.36 bits per heavy atom. The van der Waals surface area contributed by atoms with Gasteiger partial charge in [0.2, 0.25) is 0 Å². The van der Waals surface area contributed by atoms with E-state index in [1.807, 2.05) is 16.9 Å². The summed E-state index contributed by atoms with van der Waals surface area (Å²) in [5, 5.41) is 4.14. The lowest BCUT2D eigenvalue weighted by Crippen LogP contribution is -1.99. The Balaban J connectivity index is 2.04. The van der Waals surface area contributed by atoms with Crippen molar-refractivity contribution in [3.63, 3.8) is 0 Å². The fraction of sp³-hybridized carbons (Fsp3) is 0.727. The summed E-state index contributed by atoms with van der Waals surface area (Å²) >= 11 is 0. The molecule has 0 saturated heterocycles. The van der Waals surface area contributed by atoms with Gasteiger partial charge in [0.1, 0.15) is 5.82 Å². The summed E-state index contributed by atoms with van der Waals surface area (Å²) in [6.07, 6.45) is 7.10. The maximum absolute atomic E-state index is 5.52. The van der Waals surface area contributed by atoms with Crippen molar-refractivity contribution in [2.24, 2.45) is 5.92 Å². The van der Waals surface area contributed by atoms with Crippen LogP contribution in [0.15, 0.2) is 12.3 Å². The molecule has 1 rings (SSSR count). The van der Waals surface area contributed by atoms with Crippen LogP contribution in [0.4, 0.5) is 5.82 Å². The van der Waals surface area contributed by atoms with E-state index in [-0.39, 0.29) is 0 Å². The van der Waals surface area contributed by atoms with Crippen LogP contribution in [0.25, 0.3) is 0 Å². The number of aryl methyl sites for hydroxylation is 1. The van der Waals surface area contributed by atoms with Crippen molar-refractivity contribution in [1.82, 2.24) is 9.78 Å². The van der Waals surface area contributed by atoms with Gasteiger partial charge in [0.05, 0.1) is 0 Å². The molecule has 0 aliphatic carbocycles. The van der Waals surface area contributed by atoms with Crippen molar-refractivity contribution in [3.8, 4) is 0 Å². The van der Waals surface area contributed by atoms with Gasteiger partial charge in [0, 0.05) is 12.7 Å². The second kappa shape index (κ2) is 5.68. The summed E-state index contributed by atoms with van der Waals surface area (Å²) in [7, 11) is 0. The smallest absolute Gasteiger partial charge is 0.145 e. The van der Waals surface area contributed by atoms with Crippen molar-refractivity contribution in [1.29, 1.82) is 0 Å². The van der Waals surface area contributed by atoms with E-state index < -0.39 is 0 Å². The fourth-order valence-electron chi connectivity index (χ4n) is 1.51. The molecule has 0 aliphatic rings. The highest BCUT2D eigenvalue weighted by Gasteiger charge is 1.96. The van der Waals surface area contributed by atoms with Gasteiger partial charge in [0.25, 0.3) is 0 Å². The highest BCUT2D eigenvalue weighted by Crippen LogP contribution is 2.08. The van der Waals surface area contributed by atoms with E-state index in [1.54, 1.807) is 0 Å². The minimum atomic E-state index is 0.618. The molecule has 0 aliphatic heterocycles. The molecule has 0 amide bonds. The Morgan fingerprint density at radius 3 is 2.71 bits per heavy atom. The molecule has 80 valence electrons. The van der Waals surface area contributed by atoms with Gasteiger partial charge in [-0.2, -0.15) is 5.10 Å². The molecule has 0 spiro atoms. The van der Waals surface area contributed by atoms with Crippen LogP contribution in [0.2, 0.25) is 0 Å². The van der Waals surface area contributed by atoms with Crippen LogP contribution >= 0.6 is 0 Å². The SMILES string of the molecule is CC(C)CCCCCn1ccc(N)n1. The Kier molecular flexibility index (Phi) is 4.50. The third-order valence-electron chi connectivity index (χ3n) is 2.33. The lowest BCUT2D eigenvalue weighted by molar-refractivity contribution is 0.494. The number of hydrogen-bond donors (Lipinski definition) is 1. The molecule has 1 aromatic heterocycles. The Bertz CT molecular complexity index is 253. The van der Waals surface area contributed by atoms with E-state index in [2.05, 4.69) is 18.9 Å². The number of nitrogen functional groups attached to an aromatic ring is 1. The fourth-order valence-corrected chi connectivity index (χ4v) is 1.51. The number of rotatable bonds is 6. The number of nitrogens with two attached hydrogens (primary N) is 1. The lowest BCUT2D eigenvalue weighted by Gasteiger charge is -2.04. The summed E-state index contributed by atoms with van der Waals surface area (Å²) in [4.78, 5) is 0. The van der Waals surface area contributed by atoms with Crippen molar-refractivity contribution in [2.75, 3.05) is 5.73 Å². The Labute approximate surface area is 86.3 Å². The first-order valence-corrected chi connectivity index (χ1v) is 5.47. The summed E-state index contributed by atoms with van der Waals surface area (Å²) in [6.45, 7) is 5.54. The van der Waals surface area contributed by atoms with Crippen LogP contribution < -0.4 is 5.73 Å². The monoisotopic (exact) mass is 195 g/mol. The van der Waals surface area contributed by atoms with E-state index in [0.717, 1.165) is 12.5 Å². The molecule has 1 heterocycles. The van der Waals surface area contributed by atoms with Gasteiger partial charge in [-0.1, -0.05) is 33.1 Å². The highest BCUT2D eigenvalue weighted by atomic mass is 15.3. The summed E-state index contributed by atoms with van der Waals surface area (Å²) in [5.74, 6) is 1.45. The second-order valence-electron chi connectivity index (χ2n) is 4.25. The zero-order valence-electron chi connectivity index (χ0n) is 9.24. The molecule has 1 aromatic rings. The normalized spacial score (nSPS) is 11.1. The molecular weight excluding hydrogens is 174 g/mol. The third-order valence-corrected chi connectivity index (χ3v) is 2.33. The van der Waals surface area contributed by atoms with Crippen LogP contribution in [0.5, 0.6) is 0 Å². The molecule has 2 N–H and O–H groups in total. The number of unbranched alkanes of at least 4 members (excludes halogenated alkanes) is 2. The average molecular weight is 195 g/mol. The van der Waals surface area contributed by atoms with Crippen molar-refractivity contribution >= 4 is 5.82 Å². The van der Waals surface area contributed by atoms with E-state index in [0.29, 0.717) is 5.82 Å². The Hall–Kier alpha value is -0.990. The highest BCUT2D eigenvalue weighted by molar-refractivity contribution is 5.23. The first-order chi connectivity index (χ1) is 6.68. The van der Waals surface area contributed by atoms with Crippen LogP contribution in [0.3, 0.4) is 0 Å². The zero-order valence-corrected chi connectivity index (χ0v) is 9.24. The van der Waals surface area contributed by atoms with Crippen LogP contribution in [0.1, 0.15) is 39.5 Å². The van der Waals surface area contributed by atoms with Gasteiger partial charge < -0.3 is 5.73 Å². The molecule has 0 fully saturated rings. The summed E-state index contributed by atoms with van der Waals surface area (Å²) in [5.41, 5.74) is 5.52. The maximum atomic E-state index is 5.52. The van der Waals surface area contributed by atoms with Gasteiger partial charge in [0.15, 0.2) is 0 Å². The molecule has 3 heteroatoms. The number of anilines is 1. The molecule has 0 aromatic carbocycles. The molecule has 0 radical (unpaired) electrons. The molecular formula is C11H21N3. The molecule has 3 nitrogen and oxygen atoms in total. The van der Waals surface area contributed by atoms with Crippen molar-refractivity contribution in [2.45, 2.75) is 46.1 Å². The minimum absolute atomic E-state index is 0.618. The second-order valence-corrected chi connectivity index (χ2v) is 4.25. The molecule has 14 heavy (non-hydrogen) atoms. The number of hydrogen-bond acceptors (Lipinski definition) is 2. The van der Waals surface area contributed by atoms with Crippen LogP contribution in [0, 0.1) is 5.92 Å². The predicted octanol–water partition coefficient (Wildman–Crippen LogP) is 2.68. The van der Waals surface area contributed by atoms with E-state index in [9.17, 15) is 0 Å². The zero-order chi connectivity index (χ0) is 10.4. The van der Waals surface area contributed by atoms with E-state index >= 15 is 0 Å². The molecule has 0 bridgehead atoms. The Morgan fingerprint density at radius 2 is 2.14 bits per heavy atom. The van der Waals surface area contributed by atoms with Crippen molar-refractivity contribution < 1.29 is 0 Å². The van der Waals surface area contributed by atoms with Gasteiger partial charge >= 0.3 is 0 Å². The van der Waals surface area contributed by atoms with Gasteiger partial charge in [-0.15, -0.1) is 0 Å².